The van der Waals surface area contributed by atoms with Gasteiger partial charge in [-0.2, -0.15) is 9.47 Å². The Balaban J connectivity index is 2.10. The van der Waals surface area contributed by atoms with Gasteiger partial charge in [-0.25, -0.2) is 9.67 Å². The van der Waals surface area contributed by atoms with E-state index in [1.165, 1.54) is 11.5 Å². The average molecular weight is 303 g/mol. The fourth-order valence-corrected chi connectivity index (χ4v) is 3.56. The zero-order chi connectivity index (χ0) is 13.9. The van der Waals surface area contributed by atoms with Crippen molar-refractivity contribution < 1.29 is 0 Å². The predicted molar refractivity (Wildman–Crippen MR) is 80.2 cm³/mol. The number of benzene rings is 1. The van der Waals surface area contributed by atoms with Gasteiger partial charge in [0.25, 0.3) is 0 Å². The fraction of sp³-hybridized carbons (Fsp3) is 0.154. The smallest absolute Gasteiger partial charge is 0.176 e. The normalized spacial score (nSPS) is 10.9. The third kappa shape index (κ3) is 2.47. The molecule has 20 heavy (non-hydrogen) atoms. The Morgan fingerprint density at radius 1 is 1.30 bits per heavy atom. The zero-order valence-corrected chi connectivity index (χ0v) is 12.5. The third-order valence-corrected chi connectivity index (χ3v) is 4.69. The molecule has 0 unspecified atom stereocenters. The van der Waals surface area contributed by atoms with Gasteiger partial charge in [0.15, 0.2) is 4.34 Å². The summed E-state index contributed by atoms with van der Waals surface area (Å²) >= 11 is 2.92. The number of aromatic nitrogens is 4. The lowest BCUT2D eigenvalue weighted by molar-refractivity contribution is 0.788. The van der Waals surface area contributed by atoms with Gasteiger partial charge in [0, 0.05) is 12.1 Å². The number of hydrogen-bond donors (Lipinski definition) is 1. The SMILES string of the molecule is Cc1nn(-c2ccccc2)c(Sc2ncns2)c1CN. The summed E-state index contributed by atoms with van der Waals surface area (Å²) in [6.07, 6.45) is 1.56. The van der Waals surface area contributed by atoms with Gasteiger partial charge in [-0.1, -0.05) is 18.2 Å². The van der Waals surface area contributed by atoms with Crippen LogP contribution < -0.4 is 5.73 Å². The quantitative estimate of drug-likeness (QED) is 0.802. The van der Waals surface area contributed by atoms with Crippen LogP contribution in [0.3, 0.4) is 0 Å². The van der Waals surface area contributed by atoms with Gasteiger partial charge in [-0.15, -0.1) is 0 Å². The molecule has 0 aliphatic carbocycles. The maximum Gasteiger partial charge on any atom is 0.176 e. The molecular formula is C13H13N5S2. The van der Waals surface area contributed by atoms with E-state index in [0.29, 0.717) is 6.54 Å². The molecule has 0 saturated carbocycles. The summed E-state index contributed by atoms with van der Waals surface area (Å²) in [5.74, 6) is 0. The lowest BCUT2D eigenvalue weighted by Crippen LogP contribution is -2.01. The van der Waals surface area contributed by atoms with E-state index < -0.39 is 0 Å². The molecule has 2 N–H and O–H groups in total. The number of para-hydroxylation sites is 1. The van der Waals surface area contributed by atoms with Crippen molar-refractivity contribution in [1.82, 2.24) is 19.1 Å². The van der Waals surface area contributed by atoms with E-state index in [1.54, 1.807) is 18.1 Å². The number of nitrogens with two attached hydrogens (primary N) is 1. The highest BCUT2D eigenvalue weighted by atomic mass is 32.2. The maximum atomic E-state index is 5.87. The number of nitrogens with zero attached hydrogens (tertiary/aromatic N) is 4. The minimum absolute atomic E-state index is 0.458. The highest BCUT2D eigenvalue weighted by Gasteiger charge is 2.17. The summed E-state index contributed by atoms with van der Waals surface area (Å²) in [5.41, 5.74) is 8.89. The van der Waals surface area contributed by atoms with Gasteiger partial charge in [-0.3, -0.25) is 0 Å². The molecule has 0 fully saturated rings. The molecule has 0 atom stereocenters. The zero-order valence-electron chi connectivity index (χ0n) is 10.9. The predicted octanol–water partition coefficient (Wildman–Crippen LogP) is 2.64. The molecule has 5 nitrogen and oxygen atoms in total. The molecule has 3 rings (SSSR count). The Labute approximate surface area is 125 Å². The Hall–Kier alpha value is -1.70. The lowest BCUT2D eigenvalue weighted by atomic mass is 10.3. The van der Waals surface area contributed by atoms with Crippen molar-refractivity contribution in [2.75, 3.05) is 0 Å². The minimum atomic E-state index is 0.458. The summed E-state index contributed by atoms with van der Waals surface area (Å²) in [6, 6.07) is 10.0. The molecule has 0 spiro atoms. The van der Waals surface area contributed by atoms with Gasteiger partial charge < -0.3 is 5.73 Å². The topological polar surface area (TPSA) is 69.6 Å². The first-order valence-corrected chi connectivity index (χ1v) is 7.67. The Bertz CT molecular complexity index is 691. The second-order valence-electron chi connectivity index (χ2n) is 4.13. The molecule has 0 radical (unpaired) electrons. The van der Waals surface area contributed by atoms with Crippen LogP contribution in [0.4, 0.5) is 0 Å². The van der Waals surface area contributed by atoms with E-state index in [4.69, 9.17) is 5.73 Å². The van der Waals surface area contributed by atoms with Crippen molar-refractivity contribution in [3.63, 3.8) is 0 Å². The largest absolute Gasteiger partial charge is 0.326 e. The maximum absolute atomic E-state index is 5.87. The van der Waals surface area contributed by atoms with Gasteiger partial charge >= 0.3 is 0 Å². The average Bonchev–Trinajstić information content (AvgIpc) is 3.08. The molecule has 0 saturated heterocycles. The first-order chi connectivity index (χ1) is 9.79. The molecule has 0 aliphatic rings. The van der Waals surface area contributed by atoms with Crippen LogP contribution in [0.2, 0.25) is 0 Å². The van der Waals surface area contributed by atoms with Crippen molar-refractivity contribution in [1.29, 1.82) is 0 Å². The molecular weight excluding hydrogens is 290 g/mol. The first-order valence-electron chi connectivity index (χ1n) is 6.08. The van der Waals surface area contributed by atoms with Crippen LogP contribution in [0.5, 0.6) is 0 Å². The van der Waals surface area contributed by atoms with Gasteiger partial charge in [0.05, 0.1) is 11.4 Å². The van der Waals surface area contributed by atoms with Gasteiger partial charge in [0.1, 0.15) is 11.4 Å². The third-order valence-electron chi connectivity index (χ3n) is 2.87. The van der Waals surface area contributed by atoms with Crippen molar-refractivity contribution in [2.45, 2.75) is 22.8 Å². The molecule has 102 valence electrons. The summed E-state index contributed by atoms with van der Waals surface area (Å²) in [4.78, 5) is 4.22. The Morgan fingerprint density at radius 2 is 2.10 bits per heavy atom. The van der Waals surface area contributed by atoms with Crippen LogP contribution in [-0.2, 0) is 6.54 Å². The number of rotatable bonds is 4. The summed E-state index contributed by atoms with van der Waals surface area (Å²) in [7, 11) is 0. The standard InChI is InChI=1S/C13H13N5S2/c1-9-11(7-14)12(19-13-15-8-16-20-13)18(17-9)10-5-3-2-4-6-10/h2-6,8H,7,14H2,1H3. The van der Waals surface area contributed by atoms with Crippen molar-refractivity contribution in [2.24, 2.45) is 5.73 Å². The van der Waals surface area contributed by atoms with Crippen LogP contribution in [0.1, 0.15) is 11.3 Å². The molecule has 2 aromatic heterocycles. The molecule has 0 amide bonds. The lowest BCUT2D eigenvalue weighted by Gasteiger charge is -2.06. The summed E-state index contributed by atoms with van der Waals surface area (Å²) < 4.78 is 6.84. The van der Waals surface area contributed by atoms with E-state index in [-0.39, 0.29) is 0 Å². The van der Waals surface area contributed by atoms with E-state index in [1.807, 2.05) is 41.9 Å². The van der Waals surface area contributed by atoms with Crippen LogP contribution in [0.25, 0.3) is 5.69 Å². The number of hydrogen-bond acceptors (Lipinski definition) is 6. The van der Waals surface area contributed by atoms with Crippen molar-refractivity contribution in [3.8, 4) is 5.69 Å². The van der Waals surface area contributed by atoms with Crippen LogP contribution >= 0.6 is 23.3 Å². The Morgan fingerprint density at radius 3 is 2.75 bits per heavy atom. The highest BCUT2D eigenvalue weighted by Crippen LogP contribution is 2.34. The molecule has 1 aromatic carbocycles. The Kier molecular flexibility index (Phi) is 3.81. The number of aryl methyl sites for hydroxylation is 1. The summed E-state index contributed by atoms with van der Waals surface area (Å²) in [5, 5.41) is 5.61. The van der Waals surface area contributed by atoms with Crippen molar-refractivity contribution in [3.05, 3.63) is 47.9 Å². The van der Waals surface area contributed by atoms with Gasteiger partial charge in [0.2, 0.25) is 0 Å². The second-order valence-corrected chi connectivity index (χ2v) is 6.15. The molecule has 7 heteroatoms. The van der Waals surface area contributed by atoms with Gasteiger partial charge in [-0.05, 0) is 42.4 Å². The minimum Gasteiger partial charge on any atom is -0.326 e. The van der Waals surface area contributed by atoms with E-state index in [0.717, 1.165) is 26.3 Å². The molecule has 0 bridgehead atoms. The van der Waals surface area contributed by atoms with Crippen molar-refractivity contribution >= 4 is 23.3 Å². The van der Waals surface area contributed by atoms with E-state index in [9.17, 15) is 0 Å². The first kappa shape index (κ1) is 13.3. The van der Waals surface area contributed by atoms with Crippen LogP contribution in [0.15, 0.2) is 46.0 Å². The van der Waals surface area contributed by atoms with Crippen LogP contribution in [-0.4, -0.2) is 19.1 Å². The monoisotopic (exact) mass is 303 g/mol. The van der Waals surface area contributed by atoms with E-state index >= 15 is 0 Å². The molecule has 0 aliphatic heterocycles. The fourth-order valence-electron chi connectivity index (χ4n) is 1.91. The summed E-state index contributed by atoms with van der Waals surface area (Å²) in [6.45, 7) is 2.44. The molecule has 3 aromatic rings. The molecule has 2 heterocycles. The second kappa shape index (κ2) is 5.74. The van der Waals surface area contributed by atoms with Crippen LogP contribution in [0, 0.1) is 6.92 Å². The van der Waals surface area contributed by atoms with E-state index in [2.05, 4.69) is 14.5 Å². The highest BCUT2D eigenvalue weighted by molar-refractivity contribution is 8.01.